The summed E-state index contributed by atoms with van der Waals surface area (Å²) in [6, 6.07) is 7.73. The monoisotopic (exact) mass is 452 g/mol. The van der Waals surface area contributed by atoms with Gasteiger partial charge in [-0.2, -0.15) is 0 Å². The maximum Gasteiger partial charge on any atom is 0.350 e. The number of aryl methyl sites for hydroxylation is 1. The number of hydrogen-bond acceptors (Lipinski definition) is 7. The van der Waals surface area contributed by atoms with Crippen LogP contribution in [0.3, 0.4) is 0 Å². The molecule has 1 aromatic carbocycles. The number of fused-ring (bicyclic) bond motifs is 2. The zero-order valence-electron chi connectivity index (χ0n) is 18.9. The standard InChI is InChI=1S/C24H28N4O3S/c1-5-28-11-10-19-17(12-28)20(16-8-6-7-9-18(16)26-19)22(29)27-24-25-15(4)21(32-24)23(30)31-13-14(2)3/h6-9,14H,5,10-13H2,1-4H3,(H,25,27,29). The normalized spacial score (nSPS) is 13.9. The van der Waals surface area contributed by atoms with Crippen molar-refractivity contribution in [2.45, 2.75) is 40.7 Å². The van der Waals surface area contributed by atoms with Crippen LogP contribution < -0.4 is 5.32 Å². The number of pyridine rings is 1. The number of likely N-dealkylation sites (N-methyl/N-ethyl adjacent to an activating group) is 1. The average Bonchev–Trinajstić information content (AvgIpc) is 3.15. The molecule has 0 fully saturated rings. The van der Waals surface area contributed by atoms with Crippen molar-refractivity contribution >= 4 is 39.2 Å². The largest absolute Gasteiger partial charge is 0.461 e. The quantitative estimate of drug-likeness (QED) is 0.557. The highest BCUT2D eigenvalue weighted by molar-refractivity contribution is 7.17. The second-order valence-corrected chi connectivity index (χ2v) is 9.43. The molecule has 0 aliphatic carbocycles. The maximum absolute atomic E-state index is 13.5. The first kappa shape index (κ1) is 22.4. The van der Waals surface area contributed by atoms with Gasteiger partial charge in [0.1, 0.15) is 4.88 Å². The van der Waals surface area contributed by atoms with Gasteiger partial charge in [0, 0.05) is 36.2 Å². The second-order valence-electron chi connectivity index (χ2n) is 8.43. The van der Waals surface area contributed by atoms with Gasteiger partial charge in [0.2, 0.25) is 0 Å². The first-order valence-corrected chi connectivity index (χ1v) is 11.8. The van der Waals surface area contributed by atoms with Gasteiger partial charge in [-0.25, -0.2) is 9.78 Å². The van der Waals surface area contributed by atoms with Crippen LogP contribution in [0, 0.1) is 12.8 Å². The molecular weight excluding hydrogens is 424 g/mol. The highest BCUT2D eigenvalue weighted by Crippen LogP contribution is 2.30. The Hall–Kier alpha value is -2.84. The summed E-state index contributed by atoms with van der Waals surface area (Å²) in [6.45, 7) is 10.7. The van der Waals surface area contributed by atoms with Crippen LogP contribution in [0.15, 0.2) is 24.3 Å². The van der Waals surface area contributed by atoms with E-state index in [9.17, 15) is 9.59 Å². The lowest BCUT2D eigenvalue weighted by Crippen LogP contribution is -2.33. The van der Waals surface area contributed by atoms with Crippen LogP contribution >= 0.6 is 11.3 Å². The highest BCUT2D eigenvalue weighted by Gasteiger charge is 2.26. The molecule has 3 heterocycles. The average molecular weight is 453 g/mol. The SMILES string of the molecule is CCN1CCc2nc3ccccc3c(C(=O)Nc3nc(C)c(C(=O)OCC(C)C)s3)c2C1. The molecule has 1 N–H and O–H groups in total. The molecule has 168 valence electrons. The summed E-state index contributed by atoms with van der Waals surface area (Å²) in [5, 5.41) is 4.14. The van der Waals surface area contributed by atoms with E-state index < -0.39 is 5.97 Å². The zero-order valence-corrected chi connectivity index (χ0v) is 19.7. The molecule has 0 radical (unpaired) electrons. The van der Waals surface area contributed by atoms with Crippen molar-refractivity contribution in [3.63, 3.8) is 0 Å². The molecule has 8 heteroatoms. The molecule has 0 saturated carbocycles. The van der Waals surface area contributed by atoms with Crippen molar-refractivity contribution in [3.8, 4) is 0 Å². The van der Waals surface area contributed by atoms with Crippen LogP contribution in [-0.2, 0) is 17.7 Å². The van der Waals surface area contributed by atoms with Crippen LogP contribution in [-0.4, -0.2) is 46.4 Å². The van der Waals surface area contributed by atoms with Crippen molar-refractivity contribution in [1.82, 2.24) is 14.9 Å². The Morgan fingerprint density at radius 1 is 1.25 bits per heavy atom. The third-order valence-corrected chi connectivity index (χ3v) is 6.60. The van der Waals surface area contributed by atoms with E-state index in [0.717, 1.165) is 53.0 Å². The molecule has 1 aliphatic rings. The summed E-state index contributed by atoms with van der Waals surface area (Å²) in [7, 11) is 0. The van der Waals surface area contributed by atoms with Gasteiger partial charge in [-0.15, -0.1) is 0 Å². The van der Waals surface area contributed by atoms with Crippen molar-refractivity contribution in [3.05, 3.63) is 51.7 Å². The van der Waals surface area contributed by atoms with Crippen LogP contribution in [0.5, 0.6) is 0 Å². The van der Waals surface area contributed by atoms with Gasteiger partial charge in [0.25, 0.3) is 5.91 Å². The number of aromatic nitrogens is 2. The number of esters is 1. The lowest BCUT2D eigenvalue weighted by molar-refractivity contribution is 0.0463. The Balaban J connectivity index is 1.66. The van der Waals surface area contributed by atoms with E-state index >= 15 is 0 Å². The summed E-state index contributed by atoms with van der Waals surface area (Å²) >= 11 is 1.15. The van der Waals surface area contributed by atoms with E-state index in [1.54, 1.807) is 6.92 Å². The Labute approximate surface area is 191 Å². The lowest BCUT2D eigenvalue weighted by Gasteiger charge is -2.29. The van der Waals surface area contributed by atoms with E-state index in [1.807, 2.05) is 38.1 Å². The second kappa shape index (κ2) is 9.34. The fraction of sp³-hybridized carbons (Fsp3) is 0.417. The summed E-state index contributed by atoms with van der Waals surface area (Å²) in [5.74, 6) is -0.381. The number of thiazole rings is 1. The summed E-state index contributed by atoms with van der Waals surface area (Å²) in [4.78, 5) is 37.9. The molecule has 1 amide bonds. The number of carbonyl (C=O) groups is 2. The number of nitrogens with one attached hydrogen (secondary N) is 1. The number of amides is 1. The third kappa shape index (κ3) is 4.52. The van der Waals surface area contributed by atoms with Gasteiger partial charge in [0.15, 0.2) is 5.13 Å². The number of benzene rings is 1. The topological polar surface area (TPSA) is 84.4 Å². The van der Waals surface area contributed by atoms with Crippen LogP contribution in [0.25, 0.3) is 10.9 Å². The van der Waals surface area contributed by atoms with E-state index in [1.165, 1.54) is 0 Å². The predicted octanol–water partition coefficient (Wildman–Crippen LogP) is 4.44. The number of rotatable bonds is 6. The van der Waals surface area contributed by atoms with E-state index in [-0.39, 0.29) is 11.8 Å². The van der Waals surface area contributed by atoms with E-state index in [2.05, 4.69) is 22.1 Å². The van der Waals surface area contributed by atoms with E-state index in [0.29, 0.717) is 34.4 Å². The molecule has 0 spiro atoms. The molecule has 0 saturated heterocycles. The maximum atomic E-state index is 13.5. The number of ether oxygens (including phenoxy) is 1. The van der Waals surface area contributed by atoms with Crippen LogP contribution in [0.4, 0.5) is 5.13 Å². The van der Waals surface area contributed by atoms with Crippen molar-refractivity contribution in [2.75, 3.05) is 25.0 Å². The molecule has 0 bridgehead atoms. The van der Waals surface area contributed by atoms with E-state index in [4.69, 9.17) is 9.72 Å². The number of anilines is 1. The summed E-state index contributed by atoms with van der Waals surface area (Å²) < 4.78 is 5.33. The van der Waals surface area contributed by atoms with Crippen molar-refractivity contribution in [1.29, 1.82) is 0 Å². The van der Waals surface area contributed by atoms with Crippen LogP contribution in [0.2, 0.25) is 0 Å². The first-order valence-electron chi connectivity index (χ1n) is 11.0. The molecular formula is C24H28N4O3S. The number of hydrogen-bond donors (Lipinski definition) is 1. The molecule has 2 aromatic heterocycles. The zero-order chi connectivity index (χ0) is 22.8. The Kier molecular flexibility index (Phi) is 6.53. The molecule has 32 heavy (non-hydrogen) atoms. The van der Waals surface area contributed by atoms with Gasteiger partial charge >= 0.3 is 5.97 Å². The smallest absolute Gasteiger partial charge is 0.350 e. The number of para-hydroxylation sites is 1. The Morgan fingerprint density at radius 3 is 2.78 bits per heavy atom. The Bertz CT molecular complexity index is 1170. The molecule has 4 rings (SSSR count). The molecule has 0 atom stereocenters. The predicted molar refractivity (Wildman–Crippen MR) is 126 cm³/mol. The number of carbonyl (C=O) groups excluding carboxylic acids is 2. The first-order chi connectivity index (χ1) is 15.4. The highest BCUT2D eigenvalue weighted by atomic mass is 32.1. The van der Waals surface area contributed by atoms with Gasteiger partial charge in [-0.1, -0.05) is 50.3 Å². The van der Waals surface area contributed by atoms with Crippen molar-refractivity contribution < 1.29 is 14.3 Å². The van der Waals surface area contributed by atoms with Crippen LogP contribution in [0.1, 0.15) is 57.8 Å². The molecule has 1 aliphatic heterocycles. The molecule has 0 unspecified atom stereocenters. The fourth-order valence-corrected chi connectivity index (χ4v) is 4.74. The van der Waals surface area contributed by atoms with Gasteiger partial charge < -0.3 is 4.74 Å². The summed E-state index contributed by atoms with van der Waals surface area (Å²) in [5.41, 5.74) is 3.96. The van der Waals surface area contributed by atoms with Gasteiger partial charge in [-0.05, 0) is 25.5 Å². The van der Waals surface area contributed by atoms with Gasteiger partial charge in [-0.3, -0.25) is 20.0 Å². The minimum absolute atomic E-state index is 0.228. The third-order valence-electron chi connectivity index (χ3n) is 5.55. The minimum Gasteiger partial charge on any atom is -0.461 e. The lowest BCUT2D eigenvalue weighted by atomic mass is 9.95. The summed E-state index contributed by atoms with van der Waals surface area (Å²) in [6.07, 6.45) is 0.816. The Morgan fingerprint density at radius 2 is 2.03 bits per heavy atom. The minimum atomic E-state index is -0.403. The molecule has 3 aromatic rings. The fourth-order valence-electron chi connectivity index (χ4n) is 3.88. The van der Waals surface area contributed by atoms with Crippen molar-refractivity contribution in [2.24, 2.45) is 5.92 Å². The number of nitrogens with zero attached hydrogens (tertiary/aromatic N) is 3. The molecule has 7 nitrogen and oxygen atoms in total. The van der Waals surface area contributed by atoms with Gasteiger partial charge in [0.05, 0.1) is 23.4 Å².